The second-order valence-electron chi connectivity index (χ2n) is 3.79. The number of hydrogen-bond donors (Lipinski definition) is 0. The van der Waals surface area contributed by atoms with Gasteiger partial charge in [0, 0.05) is 6.20 Å². The van der Waals surface area contributed by atoms with E-state index in [-0.39, 0.29) is 5.56 Å². The summed E-state index contributed by atoms with van der Waals surface area (Å²) >= 11 is 3.17. The molecule has 0 N–H and O–H groups in total. The average Bonchev–Trinajstić information content (AvgIpc) is 2.59. The van der Waals surface area contributed by atoms with Crippen LogP contribution in [-0.4, -0.2) is 14.5 Å². The van der Waals surface area contributed by atoms with E-state index in [0.717, 1.165) is 11.5 Å². The zero-order valence-corrected chi connectivity index (χ0v) is 11.4. The molecule has 0 aliphatic rings. The molecule has 0 saturated carbocycles. The van der Waals surface area contributed by atoms with Crippen LogP contribution < -0.4 is 5.56 Å². The molecule has 6 heteroatoms. The van der Waals surface area contributed by atoms with Crippen LogP contribution in [0.3, 0.4) is 0 Å². The molecule has 0 amide bonds. The minimum absolute atomic E-state index is 0.133. The monoisotopic (exact) mass is 297 g/mol. The average molecular weight is 298 g/mol. The number of aromatic nitrogens is 3. The van der Waals surface area contributed by atoms with Crippen molar-refractivity contribution in [3.05, 3.63) is 44.2 Å². The smallest absolute Gasteiger partial charge is 0.268 e. The van der Waals surface area contributed by atoms with Gasteiger partial charge >= 0.3 is 0 Å². The van der Waals surface area contributed by atoms with Gasteiger partial charge in [0.1, 0.15) is 22.6 Å². The summed E-state index contributed by atoms with van der Waals surface area (Å²) in [5.74, 6) is 1.92. The van der Waals surface area contributed by atoms with Crippen molar-refractivity contribution in [1.29, 1.82) is 0 Å². The minimum atomic E-state index is -0.133. The highest BCUT2D eigenvalue weighted by atomic mass is 79.9. The lowest BCUT2D eigenvalue weighted by Gasteiger charge is -2.06. The molecule has 0 aliphatic heterocycles. The second kappa shape index (κ2) is 4.44. The van der Waals surface area contributed by atoms with Crippen molar-refractivity contribution in [1.82, 2.24) is 14.5 Å². The molecule has 0 aliphatic carbocycles. The molecule has 0 radical (unpaired) electrons. The van der Waals surface area contributed by atoms with Crippen LogP contribution in [0.15, 0.2) is 19.9 Å². The molecule has 90 valence electrons. The summed E-state index contributed by atoms with van der Waals surface area (Å²) in [6, 6.07) is 0. The van der Waals surface area contributed by atoms with Crippen LogP contribution in [0, 0.1) is 20.8 Å². The first kappa shape index (κ1) is 12.0. The molecule has 0 saturated heterocycles. The third-order valence-electron chi connectivity index (χ3n) is 2.57. The summed E-state index contributed by atoms with van der Waals surface area (Å²) in [5, 5.41) is 0. The van der Waals surface area contributed by atoms with Gasteiger partial charge in [-0.1, -0.05) is 0 Å². The van der Waals surface area contributed by atoms with Crippen molar-refractivity contribution in [3.63, 3.8) is 0 Å². The summed E-state index contributed by atoms with van der Waals surface area (Å²) < 4.78 is 7.41. The van der Waals surface area contributed by atoms with Crippen LogP contribution in [0.1, 0.15) is 23.2 Å². The molecule has 5 nitrogen and oxygen atoms in total. The van der Waals surface area contributed by atoms with Crippen molar-refractivity contribution < 1.29 is 4.42 Å². The predicted molar refractivity (Wildman–Crippen MR) is 66.0 cm³/mol. The van der Waals surface area contributed by atoms with E-state index >= 15 is 0 Å². The van der Waals surface area contributed by atoms with E-state index in [1.54, 1.807) is 6.92 Å². The van der Waals surface area contributed by atoms with Crippen LogP contribution in [0.2, 0.25) is 0 Å². The van der Waals surface area contributed by atoms with Gasteiger partial charge in [0.2, 0.25) is 5.89 Å². The van der Waals surface area contributed by atoms with Crippen molar-refractivity contribution in [2.24, 2.45) is 0 Å². The number of nitrogens with zero attached hydrogens (tertiary/aromatic N) is 3. The van der Waals surface area contributed by atoms with Gasteiger partial charge in [0.25, 0.3) is 5.56 Å². The number of aryl methyl sites for hydroxylation is 3. The van der Waals surface area contributed by atoms with E-state index < -0.39 is 0 Å². The fourth-order valence-corrected chi connectivity index (χ4v) is 1.80. The van der Waals surface area contributed by atoms with Crippen LogP contribution in [0.25, 0.3) is 0 Å². The van der Waals surface area contributed by atoms with Gasteiger partial charge in [-0.15, -0.1) is 0 Å². The summed E-state index contributed by atoms with van der Waals surface area (Å²) in [6.07, 6.45) is 1.50. The summed E-state index contributed by atoms with van der Waals surface area (Å²) in [5.41, 5.74) is 0.708. The van der Waals surface area contributed by atoms with E-state index in [0.29, 0.717) is 22.7 Å². The fourth-order valence-electron chi connectivity index (χ4n) is 1.48. The fraction of sp³-hybridized carbons (Fsp3) is 0.364. The molecule has 0 unspecified atom stereocenters. The van der Waals surface area contributed by atoms with Crippen molar-refractivity contribution in [2.75, 3.05) is 0 Å². The lowest BCUT2D eigenvalue weighted by Crippen LogP contribution is -2.24. The molecule has 2 heterocycles. The maximum absolute atomic E-state index is 11.9. The van der Waals surface area contributed by atoms with Crippen molar-refractivity contribution >= 4 is 15.9 Å². The van der Waals surface area contributed by atoms with Crippen molar-refractivity contribution in [3.8, 4) is 0 Å². The normalized spacial score (nSPS) is 10.8. The highest BCUT2D eigenvalue weighted by Gasteiger charge is 2.10. The molecule has 0 bridgehead atoms. The lowest BCUT2D eigenvalue weighted by atomic mass is 10.4. The third-order valence-corrected chi connectivity index (χ3v) is 3.11. The Hall–Kier alpha value is -1.43. The van der Waals surface area contributed by atoms with Crippen LogP contribution in [0.5, 0.6) is 0 Å². The first-order chi connectivity index (χ1) is 7.99. The second-order valence-corrected chi connectivity index (χ2v) is 4.65. The summed E-state index contributed by atoms with van der Waals surface area (Å²) in [4.78, 5) is 20.3. The minimum Gasteiger partial charge on any atom is -0.444 e. The number of oxazole rings is 1. The van der Waals surface area contributed by atoms with Gasteiger partial charge < -0.3 is 4.42 Å². The summed E-state index contributed by atoms with van der Waals surface area (Å²) in [7, 11) is 0. The van der Waals surface area contributed by atoms with E-state index in [4.69, 9.17) is 4.42 Å². The van der Waals surface area contributed by atoms with Gasteiger partial charge in [0.05, 0.1) is 5.69 Å². The Balaban J connectivity index is 2.43. The molecule has 0 spiro atoms. The lowest BCUT2D eigenvalue weighted by molar-refractivity contribution is 0.449. The zero-order chi connectivity index (χ0) is 12.6. The van der Waals surface area contributed by atoms with E-state index in [2.05, 4.69) is 25.9 Å². The molecular weight excluding hydrogens is 286 g/mol. The summed E-state index contributed by atoms with van der Waals surface area (Å²) in [6.45, 7) is 5.79. The maximum atomic E-state index is 11.9. The topological polar surface area (TPSA) is 60.9 Å². The Morgan fingerprint density at radius 1 is 1.41 bits per heavy atom. The van der Waals surface area contributed by atoms with Crippen molar-refractivity contribution in [2.45, 2.75) is 27.3 Å². The third kappa shape index (κ3) is 2.31. The maximum Gasteiger partial charge on any atom is 0.268 e. The van der Waals surface area contributed by atoms with Gasteiger partial charge in [-0.25, -0.2) is 9.97 Å². The molecule has 17 heavy (non-hydrogen) atoms. The van der Waals surface area contributed by atoms with Gasteiger partial charge in [-0.2, -0.15) is 0 Å². The first-order valence-corrected chi connectivity index (χ1v) is 5.93. The van der Waals surface area contributed by atoms with Gasteiger partial charge in [-0.3, -0.25) is 9.36 Å². The molecule has 2 aromatic rings. The molecule has 2 rings (SSSR count). The Bertz CT molecular complexity index is 596. The van der Waals surface area contributed by atoms with E-state index in [9.17, 15) is 4.79 Å². The van der Waals surface area contributed by atoms with Crippen LogP contribution in [-0.2, 0) is 6.54 Å². The van der Waals surface area contributed by atoms with Crippen LogP contribution >= 0.6 is 15.9 Å². The number of halogens is 1. The zero-order valence-electron chi connectivity index (χ0n) is 9.82. The quantitative estimate of drug-likeness (QED) is 0.850. The van der Waals surface area contributed by atoms with Crippen LogP contribution in [0.4, 0.5) is 0 Å². The Labute approximate surface area is 107 Å². The highest BCUT2D eigenvalue weighted by molar-refractivity contribution is 9.10. The molecule has 0 fully saturated rings. The highest BCUT2D eigenvalue weighted by Crippen LogP contribution is 2.10. The van der Waals surface area contributed by atoms with E-state index in [1.165, 1.54) is 10.8 Å². The Kier molecular flexibility index (Phi) is 3.15. The molecular formula is C11H12BrN3O2. The SMILES string of the molecule is Cc1nc(Cn2c(C)ncc(Br)c2=O)oc1C. The molecule has 0 aromatic carbocycles. The number of rotatable bonds is 2. The predicted octanol–water partition coefficient (Wildman–Crippen LogP) is 1.97. The van der Waals surface area contributed by atoms with Gasteiger partial charge in [0.15, 0.2) is 0 Å². The van der Waals surface area contributed by atoms with Gasteiger partial charge in [-0.05, 0) is 36.7 Å². The standard InChI is InChI=1S/C11H12BrN3O2/c1-6-7(2)17-10(14-6)5-15-8(3)13-4-9(12)11(15)16/h4H,5H2,1-3H3. The van der Waals surface area contributed by atoms with E-state index in [1.807, 2.05) is 13.8 Å². The Morgan fingerprint density at radius 2 is 2.12 bits per heavy atom. The number of hydrogen-bond acceptors (Lipinski definition) is 4. The first-order valence-electron chi connectivity index (χ1n) is 5.14. The Morgan fingerprint density at radius 3 is 2.71 bits per heavy atom. The largest absolute Gasteiger partial charge is 0.444 e. The molecule has 2 aromatic heterocycles. The molecule has 0 atom stereocenters.